The quantitative estimate of drug-likeness (QED) is 0.577. The van der Waals surface area contributed by atoms with Crippen molar-refractivity contribution in [1.29, 1.82) is 0 Å². The number of carbonyl (C=O) groups excluding carboxylic acids is 3. The largest absolute Gasteiger partial charge is 0.366 e. The summed E-state index contributed by atoms with van der Waals surface area (Å²) in [4.78, 5) is 35.5. The number of primary amides is 2. The molecule has 1 aliphatic carbocycles. The van der Waals surface area contributed by atoms with Gasteiger partial charge in [-0.3, -0.25) is 14.4 Å². The monoisotopic (exact) mass is 373 g/mol. The highest BCUT2D eigenvalue weighted by Crippen LogP contribution is 2.28. The number of nitrogens with two attached hydrogens (primary N) is 2. The van der Waals surface area contributed by atoms with E-state index < -0.39 is 11.8 Å². The summed E-state index contributed by atoms with van der Waals surface area (Å²) in [5.74, 6) is -0.937. The van der Waals surface area contributed by atoms with E-state index in [1.165, 1.54) is 50.3 Å². The van der Waals surface area contributed by atoms with Crippen LogP contribution < -0.4 is 16.8 Å². The van der Waals surface area contributed by atoms with Gasteiger partial charge < -0.3 is 16.8 Å². The maximum atomic E-state index is 12.6. The fourth-order valence-electron chi connectivity index (χ4n) is 3.77. The van der Waals surface area contributed by atoms with Crippen LogP contribution in [0.25, 0.3) is 0 Å². The minimum Gasteiger partial charge on any atom is -0.366 e. The van der Waals surface area contributed by atoms with E-state index in [4.69, 9.17) is 11.5 Å². The Bertz CT molecular complexity index is 647. The molecule has 3 amide bonds. The normalized spacial score (nSPS) is 19.4. The van der Waals surface area contributed by atoms with Gasteiger partial charge in [-0.2, -0.15) is 0 Å². The Hall–Kier alpha value is -2.37. The van der Waals surface area contributed by atoms with Gasteiger partial charge in [-0.1, -0.05) is 39.0 Å². The van der Waals surface area contributed by atoms with Crippen LogP contribution in [0, 0.1) is 5.92 Å². The van der Waals surface area contributed by atoms with Gasteiger partial charge in [0.15, 0.2) is 0 Å². The Labute approximate surface area is 161 Å². The zero-order chi connectivity index (χ0) is 19.8. The lowest BCUT2D eigenvalue weighted by Crippen LogP contribution is -2.37. The molecule has 0 heterocycles. The minimum atomic E-state index is -0.698. The van der Waals surface area contributed by atoms with Gasteiger partial charge >= 0.3 is 0 Å². The second kappa shape index (κ2) is 10.1. The third-order valence-corrected chi connectivity index (χ3v) is 5.41. The Balaban J connectivity index is 1.91. The number of rotatable bonds is 9. The van der Waals surface area contributed by atoms with Crippen LogP contribution in [0.5, 0.6) is 0 Å². The Morgan fingerprint density at radius 1 is 0.889 bits per heavy atom. The van der Waals surface area contributed by atoms with E-state index in [1.54, 1.807) is 0 Å². The number of amides is 3. The molecule has 6 heteroatoms. The Morgan fingerprint density at radius 2 is 1.44 bits per heavy atom. The van der Waals surface area contributed by atoms with Crippen LogP contribution in [0.4, 0.5) is 0 Å². The van der Waals surface area contributed by atoms with Crippen molar-refractivity contribution in [3.63, 3.8) is 0 Å². The van der Waals surface area contributed by atoms with Gasteiger partial charge in [0.2, 0.25) is 11.8 Å². The predicted molar refractivity (Wildman–Crippen MR) is 105 cm³/mol. The standard InChI is InChI=1S/C21H31N3O3/c1-2-3-4-5-6-14-7-9-18(10-8-14)24-21(27)17-12-15(19(22)25)11-16(13-17)20(23)26/h11-14,18H,2-10H2,1H3,(H2,22,25)(H2,23,26)(H,24,27). The summed E-state index contributed by atoms with van der Waals surface area (Å²) >= 11 is 0. The Kier molecular flexibility index (Phi) is 7.82. The van der Waals surface area contributed by atoms with Crippen LogP contribution in [-0.4, -0.2) is 23.8 Å². The third-order valence-electron chi connectivity index (χ3n) is 5.41. The van der Waals surface area contributed by atoms with E-state index in [2.05, 4.69) is 12.2 Å². The first-order valence-electron chi connectivity index (χ1n) is 9.96. The van der Waals surface area contributed by atoms with Crippen molar-refractivity contribution < 1.29 is 14.4 Å². The molecular weight excluding hydrogens is 342 g/mol. The van der Waals surface area contributed by atoms with Gasteiger partial charge in [-0.05, 0) is 49.8 Å². The third kappa shape index (κ3) is 6.38. The highest BCUT2D eigenvalue weighted by molar-refractivity contribution is 6.03. The van der Waals surface area contributed by atoms with Crippen molar-refractivity contribution >= 4 is 17.7 Å². The molecule has 5 N–H and O–H groups in total. The van der Waals surface area contributed by atoms with Gasteiger partial charge in [0, 0.05) is 22.7 Å². The number of unbranched alkanes of at least 4 members (excludes halogenated alkanes) is 3. The maximum absolute atomic E-state index is 12.6. The molecular formula is C21H31N3O3. The van der Waals surface area contributed by atoms with E-state index in [0.717, 1.165) is 31.6 Å². The summed E-state index contributed by atoms with van der Waals surface area (Å²) < 4.78 is 0. The number of benzene rings is 1. The summed E-state index contributed by atoms with van der Waals surface area (Å²) in [6, 6.07) is 4.25. The Morgan fingerprint density at radius 3 is 1.96 bits per heavy atom. The summed E-state index contributed by atoms with van der Waals surface area (Å²) in [5.41, 5.74) is 11.0. The zero-order valence-corrected chi connectivity index (χ0v) is 16.1. The van der Waals surface area contributed by atoms with E-state index in [1.807, 2.05) is 0 Å². The lowest BCUT2D eigenvalue weighted by atomic mass is 9.83. The highest BCUT2D eigenvalue weighted by Gasteiger charge is 2.23. The molecule has 6 nitrogen and oxygen atoms in total. The molecule has 0 saturated heterocycles. The maximum Gasteiger partial charge on any atom is 0.251 e. The van der Waals surface area contributed by atoms with Crippen molar-refractivity contribution in [2.75, 3.05) is 0 Å². The molecule has 0 radical (unpaired) electrons. The van der Waals surface area contributed by atoms with Crippen LogP contribution >= 0.6 is 0 Å². The van der Waals surface area contributed by atoms with Gasteiger partial charge in [0.1, 0.15) is 0 Å². The SMILES string of the molecule is CCCCCCC1CCC(NC(=O)c2cc(C(N)=O)cc(C(N)=O)c2)CC1. The van der Waals surface area contributed by atoms with E-state index in [9.17, 15) is 14.4 Å². The molecule has 2 rings (SSSR count). The molecule has 0 unspecified atom stereocenters. The van der Waals surface area contributed by atoms with Crippen molar-refractivity contribution in [1.82, 2.24) is 5.32 Å². The molecule has 27 heavy (non-hydrogen) atoms. The molecule has 148 valence electrons. The van der Waals surface area contributed by atoms with Gasteiger partial charge in [-0.25, -0.2) is 0 Å². The second-order valence-corrected chi connectivity index (χ2v) is 7.57. The fraction of sp³-hybridized carbons (Fsp3) is 0.571. The van der Waals surface area contributed by atoms with Gasteiger partial charge in [0.05, 0.1) is 0 Å². The average molecular weight is 373 g/mol. The van der Waals surface area contributed by atoms with Gasteiger partial charge in [0.25, 0.3) is 5.91 Å². The van der Waals surface area contributed by atoms with Crippen LogP contribution in [0.1, 0.15) is 95.8 Å². The van der Waals surface area contributed by atoms with Crippen molar-refractivity contribution in [3.8, 4) is 0 Å². The van der Waals surface area contributed by atoms with Crippen molar-refractivity contribution in [2.45, 2.75) is 70.8 Å². The summed E-state index contributed by atoms with van der Waals surface area (Å²) in [6.45, 7) is 2.22. The second-order valence-electron chi connectivity index (χ2n) is 7.57. The lowest BCUT2D eigenvalue weighted by molar-refractivity contribution is 0.0921. The first kappa shape index (κ1) is 20.9. The van der Waals surface area contributed by atoms with E-state index in [0.29, 0.717) is 0 Å². The topological polar surface area (TPSA) is 115 Å². The summed E-state index contributed by atoms with van der Waals surface area (Å²) in [5, 5.41) is 3.02. The molecule has 1 aromatic rings. The first-order chi connectivity index (χ1) is 12.9. The van der Waals surface area contributed by atoms with Crippen LogP contribution in [0.3, 0.4) is 0 Å². The molecule has 0 bridgehead atoms. The first-order valence-corrected chi connectivity index (χ1v) is 9.96. The number of nitrogens with one attached hydrogen (secondary N) is 1. The fourth-order valence-corrected chi connectivity index (χ4v) is 3.77. The molecule has 0 aromatic heterocycles. The smallest absolute Gasteiger partial charge is 0.251 e. The number of hydrogen-bond acceptors (Lipinski definition) is 3. The predicted octanol–water partition coefficient (Wildman–Crippen LogP) is 3.14. The van der Waals surface area contributed by atoms with E-state index >= 15 is 0 Å². The van der Waals surface area contributed by atoms with E-state index in [-0.39, 0.29) is 28.6 Å². The summed E-state index contributed by atoms with van der Waals surface area (Å²) in [6.07, 6.45) is 10.6. The highest BCUT2D eigenvalue weighted by atomic mass is 16.2. The number of carbonyl (C=O) groups is 3. The van der Waals surface area contributed by atoms with Crippen molar-refractivity contribution in [2.24, 2.45) is 17.4 Å². The minimum absolute atomic E-state index is 0.104. The molecule has 0 atom stereocenters. The number of hydrogen-bond donors (Lipinski definition) is 3. The lowest BCUT2D eigenvalue weighted by Gasteiger charge is -2.29. The molecule has 1 aromatic carbocycles. The summed E-state index contributed by atoms with van der Waals surface area (Å²) in [7, 11) is 0. The molecule has 0 spiro atoms. The average Bonchev–Trinajstić information content (AvgIpc) is 2.66. The van der Waals surface area contributed by atoms with Crippen LogP contribution in [0.2, 0.25) is 0 Å². The molecule has 1 fully saturated rings. The van der Waals surface area contributed by atoms with Crippen molar-refractivity contribution in [3.05, 3.63) is 34.9 Å². The molecule has 1 saturated carbocycles. The van der Waals surface area contributed by atoms with Gasteiger partial charge in [-0.15, -0.1) is 0 Å². The molecule has 1 aliphatic rings. The van der Waals surface area contributed by atoms with Crippen LogP contribution in [-0.2, 0) is 0 Å². The van der Waals surface area contributed by atoms with Crippen LogP contribution in [0.15, 0.2) is 18.2 Å². The molecule has 0 aliphatic heterocycles. The zero-order valence-electron chi connectivity index (χ0n) is 16.1.